The second-order valence-electron chi connectivity index (χ2n) is 6.85. The van der Waals surface area contributed by atoms with Crippen molar-refractivity contribution in [3.05, 3.63) is 29.3 Å². The highest BCUT2D eigenvalue weighted by atomic mass is 35.5. The molecule has 3 amide bonds. The van der Waals surface area contributed by atoms with Gasteiger partial charge in [-0.25, -0.2) is 8.42 Å². The average Bonchev–Trinajstić information content (AvgIpc) is 2.71. The molecule has 2 fully saturated rings. The molecule has 2 saturated heterocycles. The summed E-state index contributed by atoms with van der Waals surface area (Å²) >= 11 is 5.89. The van der Waals surface area contributed by atoms with Gasteiger partial charge in [-0.2, -0.15) is 4.31 Å². The Balaban J connectivity index is 1.57. The molecule has 0 saturated carbocycles. The van der Waals surface area contributed by atoms with E-state index in [4.69, 9.17) is 11.6 Å². The van der Waals surface area contributed by atoms with Gasteiger partial charge < -0.3 is 14.7 Å². The van der Waals surface area contributed by atoms with Crippen molar-refractivity contribution < 1.29 is 22.8 Å². The number of halogens is 1. The molecule has 0 unspecified atom stereocenters. The van der Waals surface area contributed by atoms with Crippen LogP contribution in [0.5, 0.6) is 0 Å². The molecule has 11 heteroatoms. The lowest BCUT2D eigenvalue weighted by Crippen LogP contribution is -2.58. The number of benzene rings is 1. The highest BCUT2D eigenvalue weighted by Crippen LogP contribution is 2.21. The first-order chi connectivity index (χ1) is 13.7. The Kier molecular flexibility index (Phi) is 6.45. The first-order valence-electron chi connectivity index (χ1n) is 9.35. The molecule has 158 valence electrons. The van der Waals surface area contributed by atoms with Crippen molar-refractivity contribution in [3.8, 4) is 0 Å². The summed E-state index contributed by atoms with van der Waals surface area (Å²) in [4.78, 5) is 41.0. The molecule has 2 heterocycles. The normalized spacial score (nSPS) is 19.0. The summed E-state index contributed by atoms with van der Waals surface area (Å²) in [6, 6.07) is 6.05. The molecule has 0 atom stereocenters. The van der Waals surface area contributed by atoms with Crippen molar-refractivity contribution in [1.29, 1.82) is 0 Å². The monoisotopic (exact) mass is 442 g/mol. The molecular formula is C18H23ClN4O5S. The standard InChI is InChI=1S/C18H23ClN4O5S/c1-2-20-6-7-22(18(26)17(20)25)13-16(24)21-8-10-23(11-9-21)29(27,28)15-5-3-4-14(19)12-15/h3-5,12H,2,6-11,13H2,1H3. The van der Waals surface area contributed by atoms with E-state index in [2.05, 4.69) is 0 Å². The number of rotatable bonds is 5. The molecule has 0 N–H and O–H groups in total. The van der Waals surface area contributed by atoms with E-state index < -0.39 is 21.8 Å². The summed E-state index contributed by atoms with van der Waals surface area (Å²) < 4.78 is 26.8. The third kappa shape index (κ3) is 4.54. The smallest absolute Gasteiger partial charge is 0.312 e. The number of nitrogens with zero attached hydrogens (tertiary/aromatic N) is 4. The fourth-order valence-corrected chi connectivity index (χ4v) is 5.11. The maximum Gasteiger partial charge on any atom is 0.312 e. The lowest BCUT2D eigenvalue weighted by Gasteiger charge is -2.37. The fraction of sp³-hybridized carbons (Fsp3) is 0.500. The number of amides is 3. The number of carbonyl (C=O) groups is 3. The van der Waals surface area contributed by atoms with E-state index in [9.17, 15) is 22.8 Å². The molecule has 0 bridgehead atoms. The molecule has 29 heavy (non-hydrogen) atoms. The van der Waals surface area contributed by atoms with Crippen molar-refractivity contribution in [2.75, 3.05) is 52.4 Å². The zero-order valence-electron chi connectivity index (χ0n) is 16.1. The molecule has 1 aromatic rings. The van der Waals surface area contributed by atoms with Gasteiger partial charge in [-0.05, 0) is 25.1 Å². The van der Waals surface area contributed by atoms with Crippen LogP contribution < -0.4 is 0 Å². The van der Waals surface area contributed by atoms with Gasteiger partial charge in [-0.15, -0.1) is 0 Å². The molecule has 0 spiro atoms. The first-order valence-corrected chi connectivity index (χ1v) is 11.2. The maximum absolute atomic E-state index is 12.7. The summed E-state index contributed by atoms with van der Waals surface area (Å²) in [6.07, 6.45) is 0. The zero-order valence-corrected chi connectivity index (χ0v) is 17.7. The molecule has 0 aromatic heterocycles. The minimum Gasteiger partial charge on any atom is -0.339 e. The minimum atomic E-state index is -3.69. The van der Waals surface area contributed by atoms with Gasteiger partial charge in [0.1, 0.15) is 6.54 Å². The van der Waals surface area contributed by atoms with Crippen molar-refractivity contribution in [2.45, 2.75) is 11.8 Å². The van der Waals surface area contributed by atoms with E-state index in [-0.39, 0.29) is 43.5 Å². The topological polar surface area (TPSA) is 98.3 Å². The Morgan fingerprint density at radius 1 is 1.00 bits per heavy atom. The largest absolute Gasteiger partial charge is 0.339 e. The predicted molar refractivity (Wildman–Crippen MR) is 106 cm³/mol. The predicted octanol–water partition coefficient (Wildman–Crippen LogP) is -0.136. The summed E-state index contributed by atoms with van der Waals surface area (Å²) in [5, 5.41) is 0.335. The Labute approximate surface area is 174 Å². The van der Waals surface area contributed by atoms with Crippen LogP contribution in [0.1, 0.15) is 6.92 Å². The van der Waals surface area contributed by atoms with Crippen LogP contribution in [0.2, 0.25) is 5.02 Å². The summed E-state index contributed by atoms with van der Waals surface area (Å²) in [5.41, 5.74) is 0. The lowest BCUT2D eigenvalue weighted by atomic mass is 10.2. The molecule has 9 nitrogen and oxygen atoms in total. The van der Waals surface area contributed by atoms with Crippen molar-refractivity contribution in [1.82, 2.24) is 19.0 Å². The number of sulfonamides is 1. The van der Waals surface area contributed by atoms with Crippen molar-refractivity contribution in [2.24, 2.45) is 0 Å². The van der Waals surface area contributed by atoms with E-state index >= 15 is 0 Å². The van der Waals surface area contributed by atoms with Crippen LogP contribution in [0.15, 0.2) is 29.2 Å². The van der Waals surface area contributed by atoms with Gasteiger partial charge in [0, 0.05) is 50.8 Å². The van der Waals surface area contributed by atoms with Crippen LogP contribution in [-0.4, -0.2) is 97.5 Å². The van der Waals surface area contributed by atoms with E-state index in [0.717, 1.165) is 0 Å². The maximum atomic E-state index is 12.7. The van der Waals surface area contributed by atoms with Gasteiger partial charge >= 0.3 is 11.8 Å². The zero-order chi connectivity index (χ0) is 21.2. The summed E-state index contributed by atoms with van der Waals surface area (Å²) in [5.74, 6) is -1.56. The third-order valence-corrected chi connectivity index (χ3v) is 7.26. The van der Waals surface area contributed by atoms with Crippen LogP contribution in [0.25, 0.3) is 0 Å². The van der Waals surface area contributed by atoms with Gasteiger partial charge in [-0.1, -0.05) is 17.7 Å². The van der Waals surface area contributed by atoms with Crippen LogP contribution in [0.4, 0.5) is 0 Å². The number of piperazine rings is 2. The number of likely N-dealkylation sites (N-methyl/N-ethyl adjacent to an activating group) is 1. The van der Waals surface area contributed by atoms with Gasteiger partial charge in [0.05, 0.1) is 4.90 Å². The second kappa shape index (κ2) is 8.68. The van der Waals surface area contributed by atoms with E-state index in [1.807, 2.05) is 0 Å². The molecule has 0 radical (unpaired) electrons. The Hall–Kier alpha value is -2.17. The van der Waals surface area contributed by atoms with Gasteiger partial charge in [0.15, 0.2) is 0 Å². The SMILES string of the molecule is CCN1CCN(CC(=O)N2CCN(S(=O)(=O)c3cccc(Cl)c3)CC2)C(=O)C1=O. The number of carbonyl (C=O) groups excluding carboxylic acids is 3. The van der Waals surface area contributed by atoms with Crippen LogP contribution >= 0.6 is 11.6 Å². The van der Waals surface area contributed by atoms with Gasteiger partial charge in [0.2, 0.25) is 15.9 Å². The second-order valence-corrected chi connectivity index (χ2v) is 9.23. The van der Waals surface area contributed by atoms with Crippen molar-refractivity contribution >= 4 is 39.3 Å². The average molecular weight is 443 g/mol. The van der Waals surface area contributed by atoms with Crippen molar-refractivity contribution in [3.63, 3.8) is 0 Å². The van der Waals surface area contributed by atoms with Gasteiger partial charge in [-0.3, -0.25) is 14.4 Å². The minimum absolute atomic E-state index is 0.114. The molecule has 2 aliphatic rings. The lowest BCUT2D eigenvalue weighted by molar-refractivity contribution is -0.157. The number of hydrogen-bond acceptors (Lipinski definition) is 5. The highest BCUT2D eigenvalue weighted by Gasteiger charge is 2.35. The fourth-order valence-electron chi connectivity index (χ4n) is 3.39. The van der Waals surface area contributed by atoms with E-state index in [1.165, 1.54) is 31.1 Å². The molecule has 2 aliphatic heterocycles. The number of hydrogen-bond donors (Lipinski definition) is 0. The molecule has 3 rings (SSSR count). The third-order valence-electron chi connectivity index (χ3n) is 5.13. The molecule has 0 aliphatic carbocycles. The Morgan fingerprint density at radius 3 is 2.24 bits per heavy atom. The first kappa shape index (κ1) is 21.5. The summed E-state index contributed by atoms with van der Waals surface area (Å²) in [7, 11) is -3.69. The van der Waals surface area contributed by atoms with Crippen LogP contribution in [0, 0.1) is 0 Å². The molecular weight excluding hydrogens is 420 g/mol. The van der Waals surface area contributed by atoms with E-state index in [1.54, 1.807) is 19.1 Å². The Bertz CT molecular complexity index is 915. The highest BCUT2D eigenvalue weighted by molar-refractivity contribution is 7.89. The quantitative estimate of drug-likeness (QED) is 0.591. The van der Waals surface area contributed by atoms with E-state index in [0.29, 0.717) is 24.7 Å². The van der Waals surface area contributed by atoms with Gasteiger partial charge in [0.25, 0.3) is 0 Å². The Morgan fingerprint density at radius 2 is 1.62 bits per heavy atom. The summed E-state index contributed by atoms with van der Waals surface area (Å²) in [6.45, 7) is 3.52. The van der Waals surface area contributed by atoms with Crippen LogP contribution in [0.3, 0.4) is 0 Å². The van der Waals surface area contributed by atoms with Crippen LogP contribution in [-0.2, 0) is 24.4 Å². The molecule has 1 aromatic carbocycles.